The number of amides is 1. The van der Waals surface area contributed by atoms with Gasteiger partial charge in [-0.3, -0.25) is 4.79 Å². The van der Waals surface area contributed by atoms with E-state index in [0.29, 0.717) is 26.1 Å². The number of hydrogen-bond donors (Lipinski definition) is 0. The van der Waals surface area contributed by atoms with Gasteiger partial charge in [0.2, 0.25) is 5.91 Å². The van der Waals surface area contributed by atoms with Crippen LogP contribution in [-0.2, 0) is 19.4 Å². The van der Waals surface area contributed by atoms with Gasteiger partial charge in [-0.05, 0) is 25.5 Å². The molecule has 0 saturated carbocycles. The van der Waals surface area contributed by atoms with Crippen LogP contribution in [0.2, 0.25) is 0 Å². The fourth-order valence-electron chi connectivity index (χ4n) is 3.00. The number of para-hydroxylation sites is 1. The zero-order chi connectivity index (χ0) is 17.6. The molecule has 24 heavy (non-hydrogen) atoms. The van der Waals surface area contributed by atoms with E-state index >= 15 is 0 Å². The van der Waals surface area contributed by atoms with Crippen LogP contribution in [0.1, 0.15) is 13.3 Å². The summed E-state index contributed by atoms with van der Waals surface area (Å²) in [6.07, 6.45) is 0.509. The number of likely N-dealkylation sites (N-methyl/N-ethyl adjacent to an activating group) is 1. The molecule has 0 radical (unpaired) electrons. The van der Waals surface area contributed by atoms with E-state index in [1.807, 2.05) is 42.2 Å². The van der Waals surface area contributed by atoms with E-state index in [2.05, 4.69) is 0 Å². The Morgan fingerprint density at radius 1 is 1.29 bits per heavy atom. The van der Waals surface area contributed by atoms with Gasteiger partial charge in [-0.1, -0.05) is 18.2 Å². The van der Waals surface area contributed by atoms with Crippen molar-refractivity contribution < 1.29 is 17.9 Å². The van der Waals surface area contributed by atoms with Crippen molar-refractivity contribution in [2.45, 2.75) is 19.4 Å². The maximum atomic E-state index is 12.8. The molecular formula is C17H26N2O4S. The van der Waals surface area contributed by atoms with Crippen molar-refractivity contribution in [3.05, 3.63) is 30.3 Å². The number of ether oxygens (including phenoxy) is 1. The normalized spacial score (nSPS) is 19.2. The van der Waals surface area contributed by atoms with Crippen LogP contribution < -0.4 is 4.90 Å². The van der Waals surface area contributed by atoms with Crippen molar-refractivity contribution in [3.63, 3.8) is 0 Å². The summed E-state index contributed by atoms with van der Waals surface area (Å²) in [4.78, 5) is 16.5. The minimum atomic E-state index is -3.03. The average molecular weight is 354 g/mol. The fraction of sp³-hybridized carbons (Fsp3) is 0.588. The zero-order valence-electron chi connectivity index (χ0n) is 14.3. The second-order valence-corrected chi connectivity index (χ2v) is 8.22. The summed E-state index contributed by atoms with van der Waals surface area (Å²) in [7, 11) is -1.45. The number of carbonyl (C=O) groups excluding carboxylic acids is 1. The summed E-state index contributed by atoms with van der Waals surface area (Å²) in [5.41, 5.74) is 0.985. The van der Waals surface area contributed by atoms with Crippen LogP contribution in [0.15, 0.2) is 30.3 Å². The molecule has 1 aliphatic heterocycles. The Balaban J connectivity index is 2.09. The molecule has 2 rings (SSSR count). The lowest BCUT2D eigenvalue weighted by molar-refractivity contribution is -0.132. The lowest BCUT2D eigenvalue weighted by Crippen LogP contribution is -2.47. The molecule has 1 unspecified atom stereocenters. The highest BCUT2D eigenvalue weighted by molar-refractivity contribution is 7.91. The zero-order valence-corrected chi connectivity index (χ0v) is 15.2. The monoisotopic (exact) mass is 354 g/mol. The molecule has 6 nitrogen and oxygen atoms in total. The number of carbonyl (C=O) groups is 1. The standard InChI is InChI=1S/C17H26N2O4S/c1-3-18(15-7-5-4-6-8-15)13-17(20)19(10-11-23-2)16-9-12-24(21,22)14-16/h4-8,16H,3,9-14H2,1-2H3. The van der Waals surface area contributed by atoms with Gasteiger partial charge in [-0.25, -0.2) is 8.42 Å². The number of hydrogen-bond acceptors (Lipinski definition) is 5. The molecule has 1 fully saturated rings. The van der Waals surface area contributed by atoms with Crippen LogP contribution in [-0.4, -0.2) is 70.1 Å². The molecule has 1 heterocycles. The third-order valence-electron chi connectivity index (χ3n) is 4.34. The molecule has 0 aromatic heterocycles. The first-order chi connectivity index (χ1) is 11.5. The Morgan fingerprint density at radius 2 is 2.00 bits per heavy atom. The van der Waals surface area contributed by atoms with Crippen molar-refractivity contribution in [1.82, 2.24) is 4.90 Å². The third kappa shape index (κ3) is 4.95. The number of nitrogens with zero attached hydrogens (tertiary/aromatic N) is 2. The van der Waals surface area contributed by atoms with E-state index < -0.39 is 9.84 Å². The van der Waals surface area contributed by atoms with E-state index in [4.69, 9.17) is 4.74 Å². The first-order valence-electron chi connectivity index (χ1n) is 8.25. The fourth-order valence-corrected chi connectivity index (χ4v) is 4.73. The molecule has 1 amide bonds. The Morgan fingerprint density at radius 3 is 2.54 bits per heavy atom. The second kappa shape index (κ2) is 8.48. The SMILES string of the molecule is CCN(CC(=O)N(CCOC)C1CCS(=O)(=O)C1)c1ccccc1. The minimum Gasteiger partial charge on any atom is -0.383 e. The molecular weight excluding hydrogens is 328 g/mol. The Kier molecular flexibility index (Phi) is 6.62. The van der Waals surface area contributed by atoms with Crippen LogP contribution in [0.4, 0.5) is 5.69 Å². The molecule has 7 heteroatoms. The summed E-state index contributed by atoms with van der Waals surface area (Å²) in [6.45, 7) is 3.76. The first-order valence-corrected chi connectivity index (χ1v) is 10.1. The van der Waals surface area contributed by atoms with Gasteiger partial charge in [-0.2, -0.15) is 0 Å². The topological polar surface area (TPSA) is 66.9 Å². The highest BCUT2D eigenvalue weighted by atomic mass is 32.2. The maximum absolute atomic E-state index is 12.8. The molecule has 0 aliphatic carbocycles. The smallest absolute Gasteiger partial charge is 0.242 e. The second-order valence-electron chi connectivity index (χ2n) is 5.99. The first kappa shape index (κ1) is 18.7. The predicted octanol–water partition coefficient (Wildman–Crippen LogP) is 1.18. The van der Waals surface area contributed by atoms with E-state index in [1.54, 1.807) is 12.0 Å². The van der Waals surface area contributed by atoms with Crippen molar-refractivity contribution >= 4 is 21.4 Å². The summed E-state index contributed by atoms with van der Waals surface area (Å²) >= 11 is 0. The minimum absolute atomic E-state index is 0.0555. The van der Waals surface area contributed by atoms with Gasteiger partial charge in [0.05, 0.1) is 24.7 Å². The van der Waals surface area contributed by atoms with Gasteiger partial charge in [0.25, 0.3) is 0 Å². The molecule has 134 valence electrons. The molecule has 0 N–H and O–H groups in total. The number of sulfone groups is 1. The number of rotatable bonds is 8. The van der Waals surface area contributed by atoms with Crippen molar-refractivity contribution in [2.75, 3.05) is 49.8 Å². The van der Waals surface area contributed by atoms with Crippen LogP contribution in [0.5, 0.6) is 0 Å². The lowest BCUT2D eigenvalue weighted by Gasteiger charge is -2.31. The summed E-state index contributed by atoms with van der Waals surface area (Å²) in [6, 6.07) is 9.51. The summed E-state index contributed by atoms with van der Waals surface area (Å²) in [5.74, 6) is 0.157. The van der Waals surface area contributed by atoms with Crippen LogP contribution in [0, 0.1) is 0 Å². The Bertz CT molecular complexity index is 633. The molecule has 1 aromatic rings. The third-order valence-corrected chi connectivity index (χ3v) is 6.09. The van der Waals surface area contributed by atoms with Gasteiger partial charge >= 0.3 is 0 Å². The largest absolute Gasteiger partial charge is 0.383 e. The Labute approximate surface area is 144 Å². The quantitative estimate of drug-likeness (QED) is 0.701. The highest BCUT2D eigenvalue weighted by Gasteiger charge is 2.34. The van der Waals surface area contributed by atoms with E-state index in [-0.39, 0.29) is 30.0 Å². The predicted molar refractivity (Wildman–Crippen MR) is 95.0 cm³/mol. The van der Waals surface area contributed by atoms with Gasteiger partial charge in [0.15, 0.2) is 9.84 Å². The lowest BCUT2D eigenvalue weighted by atomic mass is 10.2. The van der Waals surface area contributed by atoms with E-state index in [0.717, 1.165) is 5.69 Å². The average Bonchev–Trinajstić information content (AvgIpc) is 2.93. The summed E-state index contributed by atoms with van der Waals surface area (Å²) < 4.78 is 28.6. The van der Waals surface area contributed by atoms with Gasteiger partial charge in [0, 0.05) is 31.9 Å². The van der Waals surface area contributed by atoms with Crippen LogP contribution in [0.3, 0.4) is 0 Å². The van der Waals surface area contributed by atoms with Crippen molar-refractivity contribution in [3.8, 4) is 0 Å². The molecule has 1 atom stereocenters. The number of benzene rings is 1. The molecule has 0 spiro atoms. The van der Waals surface area contributed by atoms with Crippen molar-refractivity contribution in [1.29, 1.82) is 0 Å². The van der Waals surface area contributed by atoms with Gasteiger partial charge < -0.3 is 14.5 Å². The van der Waals surface area contributed by atoms with Gasteiger partial charge in [0.1, 0.15) is 0 Å². The molecule has 1 aliphatic rings. The highest BCUT2D eigenvalue weighted by Crippen LogP contribution is 2.19. The Hall–Kier alpha value is -1.60. The van der Waals surface area contributed by atoms with E-state index in [1.165, 1.54) is 0 Å². The van der Waals surface area contributed by atoms with E-state index in [9.17, 15) is 13.2 Å². The summed E-state index contributed by atoms with van der Waals surface area (Å²) in [5, 5.41) is 0. The van der Waals surface area contributed by atoms with Crippen LogP contribution in [0.25, 0.3) is 0 Å². The maximum Gasteiger partial charge on any atom is 0.242 e. The number of anilines is 1. The molecule has 1 saturated heterocycles. The molecule has 1 aromatic carbocycles. The van der Waals surface area contributed by atoms with Crippen molar-refractivity contribution in [2.24, 2.45) is 0 Å². The molecule has 0 bridgehead atoms. The van der Waals surface area contributed by atoms with Crippen LogP contribution >= 0.6 is 0 Å². The number of methoxy groups -OCH3 is 1. The van der Waals surface area contributed by atoms with Gasteiger partial charge in [-0.15, -0.1) is 0 Å².